The summed E-state index contributed by atoms with van der Waals surface area (Å²) in [6, 6.07) is 57.6. The molecule has 9 aromatic carbocycles. The number of benzene rings is 9. The van der Waals surface area contributed by atoms with Crippen LogP contribution in [0.4, 0.5) is 17.1 Å². The van der Waals surface area contributed by atoms with Crippen LogP contribution >= 0.6 is 0 Å². The van der Waals surface area contributed by atoms with Gasteiger partial charge in [0.05, 0.1) is 5.69 Å². The summed E-state index contributed by atoms with van der Waals surface area (Å²) in [6.07, 6.45) is 1.90. The van der Waals surface area contributed by atoms with Crippen LogP contribution in [0.1, 0.15) is 5.56 Å². The molecule has 0 radical (unpaired) electrons. The molecule has 9 aromatic rings. The molecular weight excluding hydrogens is 542 g/mol. The smallest absolute Gasteiger partial charge is 0.0540 e. The van der Waals surface area contributed by atoms with Crippen LogP contribution in [0.5, 0.6) is 0 Å². The van der Waals surface area contributed by atoms with E-state index in [1.165, 1.54) is 64.6 Å². The van der Waals surface area contributed by atoms with E-state index in [2.05, 4.69) is 169 Å². The molecule has 0 saturated heterocycles. The number of anilines is 3. The third-order valence-electron chi connectivity index (χ3n) is 9.34. The Morgan fingerprint density at radius 3 is 1.44 bits per heavy atom. The predicted octanol–water partition coefficient (Wildman–Crippen LogP) is 12.7. The number of fused-ring (bicyclic) bond motifs is 12. The van der Waals surface area contributed by atoms with Crippen LogP contribution in [0.25, 0.3) is 70.7 Å². The highest BCUT2D eigenvalue weighted by atomic mass is 15.1. The van der Waals surface area contributed by atoms with Gasteiger partial charge < -0.3 is 4.90 Å². The van der Waals surface area contributed by atoms with Crippen molar-refractivity contribution >= 4 is 87.8 Å². The first-order chi connectivity index (χ1) is 22.3. The molecule has 0 aromatic heterocycles. The summed E-state index contributed by atoms with van der Waals surface area (Å²) in [4.78, 5) is 2.40. The topological polar surface area (TPSA) is 3.24 Å². The van der Waals surface area contributed by atoms with E-state index in [4.69, 9.17) is 0 Å². The van der Waals surface area contributed by atoms with Crippen LogP contribution in [0.2, 0.25) is 0 Å². The van der Waals surface area contributed by atoms with E-state index in [1.54, 1.807) is 0 Å². The monoisotopic (exact) mass is 571 g/mol. The van der Waals surface area contributed by atoms with Gasteiger partial charge in [-0.15, -0.1) is 0 Å². The summed E-state index contributed by atoms with van der Waals surface area (Å²) in [6.45, 7) is 3.98. The van der Waals surface area contributed by atoms with E-state index in [9.17, 15) is 0 Å². The summed E-state index contributed by atoms with van der Waals surface area (Å²) >= 11 is 0. The Balaban J connectivity index is 1.45. The number of hydrogen-bond donors (Lipinski definition) is 0. The molecule has 0 amide bonds. The summed E-state index contributed by atoms with van der Waals surface area (Å²) < 4.78 is 0. The number of nitrogens with zero attached hydrogens (tertiary/aromatic N) is 1. The lowest BCUT2D eigenvalue weighted by Crippen LogP contribution is -2.10. The van der Waals surface area contributed by atoms with E-state index >= 15 is 0 Å². The molecule has 0 spiro atoms. The van der Waals surface area contributed by atoms with E-state index < -0.39 is 0 Å². The van der Waals surface area contributed by atoms with E-state index in [0.717, 1.165) is 22.6 Å². The molecule has 0 aliphatic carbocycles. The minimum absolute atomic E-state index is 1.10. The van der Waals surface area contributed by atoms with Gasteiger partial charge in [0.15, 0.2) is 0 Å². The maximum Gasteiger partial charge on any atom is 0.0540 e. The third-order valence-corrected chi connectivity index (χ3v) is 9.34. The molecule has 9 rings (SSSR count). The molecule has 0 N–H and O–H groups in total. The molecule has 0 aliphatic heterocycles. The van der Waals surface area contributed by atoms with Gasteiger partial charge in [-0.2, -0.15) is 0 Å². The molecule has 0 aliphatic rings. The molecule has 0 atom stereocenters. The normalized spacial score (nSPS) is 11.6. The van der Waals surface area contributed by atoms with Gasteiger partial charge in [0.1, 0.15) is 0 Å². The van der Waals surface area contributed by atoms with Crippen LogP contribution in [0.15, 0.2) is 164 Å². The summed E-state index contributed by atoms with van der Waals surface area (Å²) in [7, 11) is 0. The minimum Gasteiger partial charge on any atom is -0.310 e. The molecular formula is C44H29N. The molecule has 1 heteroatoms. The van der Waals surface area contributed by atoms with Crippen LogP contribution in [0, 0.1) is 0 Å². The average Bonchev–Trinajstić information content (AvgIpc) is 3.12. The molecule has 0 saturated carbocycles. The standard InChI is InChI=1S/C44H29N/c1-2-29-22-24-31(25-23-29)45(42-21-11-13-30-12-3-4-14-33(30)42)32-26-27-37-36-17-7-9-19-39(36)43-38-18-8-5-15-34(38)35-16-6-10-20-40(35)44(43)41(37)28-32/h2-28H,1H2. The van der Waals surface area contributed by atoms with E-state index in [0.29, 0.717) is 0 Å². The van der Waals surface area contributed by atoms with Gasteiger partial charge in [-0.25, -0.2) is 0 Å². The molecule has 210 valence electrons. The Morgan fingerprint density at radius 2 is 0.844 bits per heavy atom. The molecule has 0 fully saturated rings. The maximum absolute atomic E-state index is 3.98. The van der Waals surface area contributed by atoms with Gasteiger partial charge in [0.25, 0.3) is 0 Å². The summed E-state index contributed by atoms with van der Waals surface area (Å²) in [5.41, 5.74) is 4.49. The van der Waals surface area contributed by atoms with Crippen molar-refractivity contribution in [2.45, 2.75) is 0 Å². The highest BCUT2D eigenvalue weighted by molar-refractivity contribution is 6.39. The first-order valence-corrected chi connectivity index (χ1v) is 15.5. The number of hydrogen-bond acceptors (Lipinski definition) is 1. The van der Waals surface area contributed by atoms with Crippen molar-refractivity contribution in [2.75, 3.05) is 4.90 Å². The third kappa shape index (κ3) is 3.88. The lowest BCUT2D eigenvalue weighted by atomic mass is 9.87. The van der Waals surface area contributed by atoms with Crippen LogP contribution in [0.3, 0.4) is 0 Å². The Labute approximate surface area is 261 Å². The summed E-state index contributed by atoms with van der Waals surface area (Å²) in [5, 5.41) is 15.3. The zero-order valence-corrected chi connectivity index (χ0v) is 24.7. The zero-order chi connectivity index (χ0) is 29.9. The van der Waals surface area contributed by atoms with Crippen molar-refractivity contribution in [3.8, 4) is 0 Å². The predicted molar refractivity (Wildman–Crippen MR) is 196 cm³/mol. The van der Waals surface area contributed by atoms with Crippen molar-refractivity contribution in [2.24, 2.45) is 0 Å². The minimum atomic E-state index is 1.10. The fraction of sp³-hybridized carbons (Fsp3) is 0. The first kappa shape index (κ1) is 25.6. The van der Waals surface area contributed by atoms with Crippen LogP contribution in [-0.4, -0.2) is 0 Å². The second-order valence-corrected chi connectivity index (χ2v) is 11.7. The van der Waals surface area contributed by atoms with Crippen molar-refractivity contribution in [3.63, 3.8) is 0 Å². The number of rotatable bonds is 4. The van der Waals surface area contributed by atoms with Gasteiger partial charge in [-0.1, -0.05) is 140 Å². The highest BCUT2D eigenvalue weighted by Gasteiger charge is 2.19. The molecule has 0 unspecified atom stereocenters. The molecule has 45 heavy (non-hydrogen) atoms. The largest absolute Gasteiger partial charge is 0.310 e. The van der Waals surface area contributed by atoms with E-state index in [1.807, 2.05) is 6.08 Å². The first-order valence-electron chi connectivity index (χ1n) is 15.5. The quantitative estimate of drug-likeness (QED) is 0.190. The lowest BCUT2D eigenvalue weighted by molar-refractivity contribution is 1.30. The lowest BCUT2D eigenvalue weighted by Gasteiger charge is -2.28. The summed E-state index contributed by atoms with van der Waals surface area (Å²) in [5.74, 6) is 0. The highest BCUT2D eigenvalue weighted by Crippen LogP contribution is 2.46. The molecule has 0 bridgehead atoms. The van der Waals surface area contributed by atoms with Crippen LogP contribution in [-0.2, 0) is 0 Å². The Bertz CT molecular complexity index is 2590. The molecule has 1 nitrogen and oxygen atoms in total. The maximum atomic E-state index is 3.98. The fourth-order valence-corrected chi connectivity index (χ4v) is 7.34. The van der Waals surface area contributed by atoms with Crippen LogP contribution < -0.4 is 4.90 Å². The van der Waals surface area contributed by atoms with Crippen molar-refractivity contribution in [1.82, 2.24) is 0 Å². The second-order valence-electron chi connectivity index (χ2n) is 11.7. The van der Waals surface area contributed by atoms with Crippen molar-refractivity contribution in [1.29, 1.82) is 0 Å². The van der Waals surface area contributed by atoms with Gasteiger partial charge in [0.2, 0.25) is 0 Å². The molecule has 0 heterocycles. The second kappa shape index (κ2) is 10.1. The average molecular weight is 572 g/mol. The van der Waals surface area contributed by atoms with Crippen molar-refractivity contribution in [3.05, 3.63) is 170 Å². The van der Waals surface area contributed by atoms with Gasteiger partial charge in [-0.05, 0) is 95.1 Å². The fourth-order valence-electron chi connectivity index (χ4n) is 7.34. The Morgan fingerprint density at radius 1 is 0.378 bits per heavy atom. The SMILES string of the molecule is C=Cc1ccc(N(c2ccc3c4ccccc4c4c5ccccc5c5ccccc5c4c3c2)c2cccc3ccccc23)cc1. The van der Waals surface area contributed by atoms with Gasteiger partial charge in [-0.3, -0.25) is 0 Å². The van der Waals surface area contributed by atoms with Gasteiger partial charge in [0, 0.05) is 16.8 Å². The Hall–Kier alpha value is -5.92. The van der Waals surface area contributed by atoms with Crippen molar-refractivity contribution < 1.29 is 0 Å². The Kier molecular flexibility index (Phi) is 5.73. The van der Waals surface area contributed by atoms with Gasteiger partial charge >= 0.3 is 0 Å². The van der Waals surface area contributed by atoms with E-state index in [-0.39, 0.29) is 0 Å². The zero-order valence-electron chi connectivity index (χ0n) is 24.7.